The summed E-state index contributed by atoms with van der Waals surface area (Å²) >= 11 is 0. The Morgan fingerprint density at radius 3 is 2.50 bits per heavy atom. The lowest BCUT2D eigenvalue weighted by molar-refractivity contribution is 0.0450. The molecule has 1 saturated heterocycles. The number of piperazine rings is 1. The maximum atomic E-state index is 3.64. The molecular formula is C14H28N2. The van der Waals surface area contributed by atoms with E-state index in [1.807, 2.05) is 0 Å². The molecule has 1 heterocycles. The number of rotatable bonds is 2. The summed E-state index contributed by atoms with van der Waals surface area (Å²) in [5.74, 6) is 0.955. The van der Waals surface area contributed by atoms with Gasteiger partial charge in [-0.15, -0.1) is 0 Å². The minimum atomic E-state index is 0.291. The normalized spacial score (nSPS) is 34.1. The lowest BCUT2D eigenvalue weighted by Crippen LogP contribution is -2.63. The molecule has 0 bridgehead atoms. The zero-order valence-electron chi connectivity index (χ0n) is 11.4. The standard InChI is InChI=1S/C14H28N2/c1-11-9-15-14(3,4)10-16(11)12(2)13-7-5-6-8-13/h11-13,15H,5-10H2,1-4H3. The van der Waals surface area contributed by atoms with Gasteiger partial charge in [-0.3, -0.25) is 4.90 Å². The summed E-state index contributed by atoms with van der Waals surface area (Å²) in [6.07, 6.45) is 5.83. The van der Waals surface area contributed by atoms with Gasteiger partial charge in [0.2, 0.25) is 0 Å². The monoisotopic (exact) mass is 224 g/mol. The predicted octanol–water partition coefficient (Wildman–Crippen LogP) is 2.64. The molecule has 0 spiro atoms. The number of nitrogens with one attached hydrogen (secondary N) is 1. The van der Waals surface area contributed by atoms with Gasteiger partial charge in [0.25, 0.3) is 0 Å². The molecule has 1 aliphatic carbocycles. The third kappa shape index (κ3) is 2.60. The second-order valence-corrected chi connectivity index (χ2v) is 6.57. The Balaban J connectivity index is 2.00. The fraction of sp³-hybridized carbons (Fsp3) is 1.00. The highest BCUT2D eigenvalue weighted by molar-refractivity contribution is 4.94. The Hall–Kier alpha value is -0.0800. The van der Waals surface area contributed by atoms with Crippen molar-refractivity contribution in [2.75, 3.05) is 13.1 Å². The predicted molar refractivity (Wildman–Crippen MR) is 69.7 cm³/mol. The molecule has 1 saturated carbocycles. The SMILES string of the molecule is CC1CNC(C)(C)CN1C(C)C1CCCC1. The Bertz CT molecular complexity index is 231. The van der Waals surface area contributed by atoms with Crippen LogP contribution in [0.3, 0.4) is 0 Å². The van der Waals surface area contributed by atoms with Crippen molar-refractivity contribution in [3.63, 3.8) is 0 Å². The van der Waals surface area contributed by atoms with Crippen molar-refractivity contribution in [1.82, 2.24) is 10.2 Å². The third-order valence-corrected chi connectivity index (χ3v) is 4.63. The number of hydrogen-bond acceptors (Lipinski definition) is 2. The van der Waals surface area contributed by atoms with Crippen LogP contribution in [0.1, 0.15) is 53.4 Å². The highest BCUT2D eigenvalue weighted by Crippen LogP contribution is 2.32. The summed E-state index contributed by atoms with van der Waals surface area (Å²) < 4.78 is 0. The topological polar surface area (TPSA) is 15.3 Å². The van der Waals surface area contributed by atoms with Crippen LogP contribution in [0, 0.1) is 5.92 Å². The van der Waals surface area contributed by atoms with Crippen LogP contribution in [-0.2, 0) is 0 Å². The van der Waals surface area contributed by atoms with Crippen LogP contribution in [0.4, 0.5) is 0 Å². The first-order valence-corrected chi connectivity index (χ1v) is 7.00. The van der Waals surface area contributed by atoms with Crippen LogP contribution in [0.5, 0.6) is 0 Å². The van der Waals surface area contributed by atoms with Gasteiger partial charge in [-0.2, -0.15) is 0 Å². The molecule has 1 aliphatic heterocycles. The van der Waals surface area contributed by atoms with Crippen LogP contribution >= 0.6 is 0 Å². The first-order valence-electron chi connectivity index (χ1n) is 7.00. The highest BCUT2D eigenvalue weighted by Gasteiger charge is 2.36. The van der Waals surface area contributed by atoms with Crippen molar-refractivity contribution < 1.29 is 0 Å². The van der Waals surface area contributed by atoms with Crippen molar-refractivity contribution in [2.45, 2.75) is 71.0 Å². The molecule has 2 atom stereocenters. The van der Waals surface area contributed by atoms with E-state index in [0.29, 0.717) is 11.6 Å². The second kappa shape index (κ2) is 4.66. The smallest absolute Gasteiger partial charge is 0.0253 e. The van der Waals surface area contributed by atoms with Gasteiger partial charge in [0.05, 0.1) is 0 Å². The second-order valence-electron chi connectivity index (χ2n) is 6.57. The average Bonchev–Trinajstić information content (AvgIpc) is 2.74. The molecule has 2 aliphatic rings. The summed E-state index contributed by atoms with van der Waals surface area (Å²) in [4.78, 5) is 2.74. The van der Waals surface area contributed by atoms with Crippen molar-refractivity contribution in [1.29, 1.82) is 0 Å². The highest BCUT2D eigenvalue weighted by atomic mass is 15.3. The van der Waals surface area contributed by atoms with Gasteiger partial charge in [0, 0.05) is 30.7 Å². The molecule has 2 heteroatoms. The van der Waals surface area contributed by atoms with E-state index in [1.54, 1.807) is 0 Å². The summed E-state index contributed by atoms with van der Waals surface area (Å²) in [5, 5.41) is 3.64. The van der Waals surface area contributed by atoms with Crippen LogP contribution in [0.2, 0.25) is 0 Å². The van der Waals surface area contributed by atoms with Crippen LogP contribution in [0.15, 0.2) is 0 Å². The molecule has 2 rings (SSSR count). The molecule has 0 radical (unpaired) electrons. The fourth-order valence-corrected chi connectivity index (χ4v) is 3.47. The quantitative estimate of drug-likeness (QED) is 0.776. The summed E-state index contributed by atoms with van der Waals surface area (Å²) in [6, 6.07) is 1.47. The lowest BCUT2D eigenvalue weighted by Gasteiger charge is -2.47. The molecule has 94 valence electrons. The van der Waals surface area contributed by atoms with E-state index < -0.39 is 0 Å². The average molecular weight is 224 g/mol. The molecule has 1 N–H and O–H groups in total. The first-order chi connectivity index (χ1) is 7.49. The Labute approximate surface area is 101 Å². The largest absolute Gasteiger partial charge is 0.309 e. The first kappa shape index (κ1) is 12.4. The van der Waals surface area contributed by atoms with Gasteiger partial charge in [0.15, 0.2) is 0 Å². The Morgan fingerprint density at radius 1 is 1.25 bits per heavy atom. The molecule has 2 nitrogen and oxygen atoms in total. The molecule has 0 aromatic heterocycles. The maximum Gasteiger partial charge on any atom is 0.0253 e. The minimum absolute atomic E-state index is 0.291. The zero-order chi connectivity index (χ0) is 11.8. The van der Waals surface area contributed by atoms with Crippen LogP contribution in [0.25, 0.3) is 0 Å². The number of hydrogen-bond donors (Lipinski definition) is 1. The van der Waals surface area contributed by atoms with Gasteiger partial charge >= 0.3 is 0 Å². The molecule has 0 aromatic rings. The Morgan fingerprint density at radius 2 is 1.88 bits per heavy atom. The van der Waals surface area contributed by atoms with E-state index in [4.69, 9.17) is 0 Å². The molecule has 2 fully saturated rings. The van der Waals surface area contributed by atoms with Crippen molar-refractivity contribution in [3.05, 3.63) is 0 Å². The fourth-order valence-electron chi connectivity index (χ4n) is 3.47. The van der Waals surface area contributed by atoms with Gasteiger partial charge in [-0.05, 0) is 46.5 Å². The lowest BCUT2D eigenvalue weighted by atomic mass is 9.92. The molecule has 0 aromatic carbocycles. The van der Waals surface area contributed by atoms with Crippen molar-refractivity contribution in [3.8, 4) is 0 Å². The van der Waals surface area contributed by atoms with Gasteiger partial charge < -0.3 is 5.32 Å². The summed E-state index contributed by atoms with van der Waals surface area (Å²) in [7, 11) is 0. The van der Waals surface area contributed by atoms with E-state index in [2.05, 4.69) is 37.9 Å². The minimum Gasteiger partial charge on any atom is -0.309 e. The number of nitrogens with zero attached hydrogens (tertiary/aromatic N) is 1. The molecule has 16 heavy (non-hydrogen) atoms. The van der Waals surface area contributed by atoms with E-state index in [9.17, 15) is 0 Å². The molecular weight excluding hydrogens is 196 g/mol. The zero-order valence-corrected chi connectivity index (χ0v) is 11.4. The summed E-state index contributed by atoms with van der Waals surface area (Å²) in [6.45, 7) is 11.8. The Kier molecular flexibility index (Phi) is 3.60. The van der Waals surface area contributed by atoms with E-state index in [1.165, 1.54) is 32.2 Å². The van der Waals surface area contributed by atoms with E-state index >= 15 is 0 Å². The van der Waals surface area contributed by atoms with Gasteiger partial charge in [-0.25, -0.2) is 0 Å². The van der Waals surface area contributed by atoms with Crippen molar-refractivity contribution in [2.24, 2.45) is 5.92 Å². The van der Waals surface area contributed by atoms with Crippen LogP contribution in [-0.4, -0.2) is 35.6 Å². The van der Waals surface area contributed by atoms with Crippen LogP contribution < -0.4 is 5.32 Å². The van der Waals surface area contributed by atoms with Gasteiger partial charge in [0.1, 0.15) is 0 Å². The summed E-state index contributed by atoms with van der Waals surface area (Å²) in [5.41, 5.74) is 0.291. The maximum absolute atomic E-state index is 3.64. The van der Waals surface area contributed by atoms with Crippen molar-refractivity contribution >= 4 is 0 Å². The molecule has 0 amide bonds. The van der Waals surface area contributed by atoms with E-state index in [0.717, 1.165) is 18.5 Å². The van der Waals surface area contributed by atoms with E-state index in [-0.39, 0.29) is 0 Å². The third-order valence-electron chi connectivity index (χ3n) is 4.63. The molecule has 2 unspecified atom stereocenters. The van der Waals surface area contributed by atoms with Gasteiger partial charge in [-0.1, -0.05) is 12.8 Å².